The molecular formula is C13H10BrN3O2S. The molecule has 0 heterocycles. The van der Waals surface area contributed by atoms with E-state index in [1.807, 2.05) is 6.07 Å². The number of sulfonamides is 1. The molecule has 0 bridgehead atoms. The number of benzene rings is 2. The van der Waals surface area contributed by atoms with E-state index in [1.54, 1.807) is 18.2 Å². The third-order valence-electron chi connectivity index (χ3n) is 2.53. The highest BCUT2D eigenvalue weighted by Gasteiger charge is 2.18. The van der Waals surface area contributed by atoms with Gasteiger partial charge in [-0.3, -0.25) is 4.72 Å². The topological polar surface area (TPSA) is 96.0 Å². The molecule has 0 saturated carbocycles. The summed E-state index contributed by atoms with van der Waals surface area (Å²) in [5.74, 6) is 0. The first-order chi connectivity index (χ1) is 9.44. The van der Waals surface area contributed by atoms with E-state index in [0.717, 1.165) is 0 Å². The maximum atomic E-state index is 12.3. The molecular weight excluding hydrogens is 342 g/mol. The van der Waals surface area contributed by atoms with Crippen LogP contribution in [-0.2, 0) is 10.0 Å². The lowest BCUT2D eigenvalue weighted by Gasteiger charge is -2.11. The molecule has 2 aromatic carbocycles. The summed E-state index contributed by atoms with van der Waals surface area (Å²) >= 11 is 3.19. The highest BCUT2D eigenvalue weighted by Crippen LogP contribution is 2.26. The van der Waals surface area contributed by atoms with Crippen molar-refractivity contribution in [1.82, 2.24) is 0 Å². The van der Waals surface area contributed by atoms with Gasteiger partial charge < -0.3 is 5.73 Å². The highest BCUT2D eigenvalue weighted by atomic mass is 79.9. The Morgan fingerprint density at radius 1 is 1.20 bits per heavy atom. The molecule has 5 nitrogen and oxygen atoms in total. The number of hydrogen-bond acceptors (Lipinski definition) is 4. The van der Waals surface area contributed by atoms with Crippen molar-refractivity contribution in [2.75, 3.05) is 10.5 Å². The first kappa shape index (κ1) is 14.4. The largest absolute Gasteiger partial charge is 0.399 e. The van der Waals surface area contributed by atoms with E-state index >= 15 is 0 Å². The summed E-state index contributed by atoms with van der Waals surface area (Å²) in [4.78, 5) is 0.0979. The number of nitrogens with one attached hydrogen (secondary N) is 1. The van der Waals surface area contributed by atoms with Crippen LogP contribution in [0.15, 0.2) is 51.8 Å². The predicted molar refractivity (Wildman–Crippen MR) is 80.5 cm³/mol. The van der Waals surface area contributed by atoms with Gasteiger partial charge in [-0.2, -0.15) is 5.26 Å². The van der Waals surface area contributed by atoms with Crippen LogP contribution in [0.1, 0.15) is 5.56 Å². The average Bonchev–Trinajstić information content (AvgIpc) is 2.41. The molecule has 0 fully saturated rings. The Morgan fingerprint density at radius 3 is 2.55 bits per heavy atom. The van der Waals surface area contributed by atoms with Gasteiger partial charge in [0.15, 0.2) is 0 Å². The molecule has 0 aliphatic rings. The number of nitrogens with two attached hydrogens (primary N) is 1. The second kappa shape index (κ2) is 5.53. The lowest BCUT2D eigenvalue weighted by Crippen LogP contribution is -2.14. The molecule has 7 heteroatoms. The van der Waals surface area contributed by atoms with Gasteiger partial charge in [0.2, 0.25) is 0 Å². The molecule has 0 unspecified atom stereocenters. The average molecular weight is 352 g/mol. The minimum absolute atomic E-state index is 0.0979. The van der Waals surface area contributed by atoms with Gasteiger partial charge in [0.1, 0.15) is 11.0 Å². The monoisotopic (exact) mass is 351 g/mol. The fourth-order valence-corrected chi connectivity index (χ4v) is 3.69. The van der Waals surface area contributed by atoms with Crippen LogP contribution in [0.25, 0.3) is 0 Å². The molecule has 0 spiro atoms. The van der Waals surface area contributed by atoms with Gasteiger partial charge in [-0.15, -0.1) is 0 Å². The standard InChI is InChI=1S/C13H10BrN3O2S/c14-11-3-1-2-4-13(11)20(18,19)17-12-6-5-10(16)7-9(12)8-15/h1-7,17H,16H2. The number of nitrogen functional groups attached to an aromatic ring is 1. The molecule has 0 aromatic heterocycles. The SMILES string of the molecule is N#Cc1cc(N)ccc1NS(=O)(=O)c1ccccc1Br. The van der Waals surface area contributed by atoms with Crippen LogP contribution in [0, 0.1) is 11.3 Å². The molecule has 0 saturated heterocycles. The maximum absolute atomic E-state index is 12.3. The number of nitrogens with zero attached hydrogens (tertiary/aromatic N) is 1. The lowest BCUT2D eigenvalue weighted by atomic mass is 10.2. The van der Waals surface area contributed by atoms with Crippen LogP contribution in [0.4, 0.5) is 11.4 Å². The van der Waals surface area contributed by atoms with Gasteiger partial charge in [-0.25, -0.2) is 8.42 Å². The van der Waals surface area contributed by atoms with E-state index in [-0.39, 0.29) is 16.1 Å². The molecule has 0 aliphatic heterocycles. The second-order valence-electron chi connectivity index (χ2n) is 3.95. The number of rotatable bonds is 3. The summed E-state index contributed by atoms with van der Waals surface area (Å²) < 4.78 is 27.4. The molecule has 0 amide bonds. The first-order valence-electron chi connectivity index (χ1n) is 5.51. The van der Waals surface area contributed by atoms with E-state index in [9.17, 15) is 8.42 Å². The van der Waals surface area contributed by atoms with Crippen molar-refractivity contribution in [3.05, 3.63) is 52.5 Å². The third-order valence-corrected chi connectivity index (χ3v) is 4.91. The summed E-state index contributed by atoms with van der Waals surface area (Å²) in [5.41, 5.74) is 6.32. The van der Waals surface area contributed by atoms with E-state index in [4.69, 9.17) is 11.0 Å². The van der Waals surface area contributed by atoms with Crippen molar-refractivity contribution in [2.45, 2.75) is 4.90 Å². The molecule has 2 aromatic rings. The van der Waals surface area contributed by atoms with Crippen LogP contribution in [0.3, 0.4) is 0 Å². The number of halogens is 1. The highest BCUT2D eigenvalue weighted by molar-refractivity contribution is 9.10. The van der Waals surface area contributed by atoms with Crippen LogP contribution >= 0.6 is 15.9 Å². The zero-order chi connectivity index (χ0) is 14.8. The molecule has 0 aliphatic carbocycles. The summed E-state index contributed by atoms with van der Waals surface area (Å²) in [6.45, 7) is 0. The third kappa shape index (κ3) is 2.92. The smallest absolute Gasteiger partial charge is 0.263 e. The molecule has 102 valence electrons. The van der Waals surface area contributed by atoms with Gasteiger partial charge in [0, 0.05) is 10.2 Å². The van der Waals surface area contributed by atoms with E-state index in [1.165, 1.54) is 24.3 Å². The van der Waals surface area contributed by atoms with Crippen LogP contribution in [-0.4, -0.2) is 8.42 Å². The first-order valence-corrected chi connectivity index (χ1v) is 7.78. The minimum atomic E-state index is -3.78. The van der Waals surface area contributed by atoms with Crippen molar-refractivity contribution in [3.8, 4) is 6.07 Å². The normalized spacial score (nSPS) is 10.8. The zero-order valence-electron chi connectivity index (χ0n) is 10.2. The van der Waals surface area contributed by atoms with Gasteiger partial charge in [-0.05, 0) is 46.3 Å². The summed E-state index contributed by atoms with van der Waals surface area (Å²) in [5, 5.41) is 9.02. The minimum Gasteiger partial charge on any atom is -0.399 e. The van der Waals surface area contributed by atoms with Crippen molar-refractivity contribution < 1.29 is 8.42 Å². The molecule has 2 rings (SSSR count). The van der Waals surface area contributed by atoms with Crippen molar-refractivity contribution >= 4 is 37.3 Å². The van der Waals surface area contributed by atoms with Gasteiger partial charge in [0.05, 0.1) is 11.3 Å². The van der Waals surface area contributed by atoms with E-state index < -0.39 is 10.0 Å². The Labute approximate surface area is 125 Å². The van der Waals surface area contributed by atoms with Gasteiger partial charge in [-0.1, -0.05) is 12.1 Å². The van der Waals surface area contributed by atoms with Crippen molar-refractivity contribution in [3.63, 3.8) is 0 Å². The maximum Gasteiger partial charge on any atom is 0.263 e. The second-order valence-corrected chi connectivity index (χ2v) is 6.46. The number of nitriles is 1. The molecule has 20 heavy (non-hydrogen) atoms. The summed E-state index contributed by atoms with van der Waals surface area (Å²) in [6, 6.07) is 12.7. The van der Waals surface area contributed by atoms with Crippen molar-refractivity contribution in [2.24, 2.45) is 0 Å². The Kier molecular flexibility index (Phi) is 3.97. The Hall–Kier alpha value is -2.04. The lowest BCUT2D eigenvalue weighted by molar-refractivity contribution is 0.600. The Bertz CT molecular complexity index is 798. The Morgan fingerprint density at radius 2 is 1.90 bits per heavy atom. The van der Waals surface area contributed by atoms with E-state index in [0.29, 0.717) is 10.2 Å². The van der Waals surface area contributed by atoms with Gasteiger partial charge >= 0.3 is 0 Å². The van der Waals surface area contributed by atoms with Gasteiger partial charge in [0.25, 0.3) is 10.0 Å². The fraction of sp³-hybridized carbons (Fsp3) is 0. The van der Waals surface area contributed by atoms with Crippen LogP contribution in [0.5, 0.6) is 0 Å². The molecule has 0 radical (unpaired) electrons. The Balaban J connectivity index is 2.45. The number of hydrogen-bond donors (Lipinski definition) is 2. The molecule has 0 atom stereocenters. The van der Waals surface area contributed by atoms with E-state index in [2.05, 4.69) is 20.7 Å². The zero-order valence-corrected chi connectivity index (χ0v) is 12.6. The number of anilines is 2. The summed E-state index contributed by atoms with van der Waals surface area (Å²) in [6.07, 6.45) is 0. The van der Waals surface area contributed by atoms with Crippen LogP contribution < -0.4 is 10.5 Å². The quantitative estimate of drug-likeness (QED) is 0.830. The fourth-order valence-electron chi connectivity index (χ4n) is 1.61. The predicted octanol–water partition coefficient (Wildman–Crippen LogP) is 2.70. The summed E-state index contributed by atoms with van der Waals surface area (Å²) in [7, 11) is -3.78. The van der Waals surface area contributed by atoms with Crippen molar-refractivity contribution in [1.29, 1.82) is 5.26 Å². The molecule has 3 N–H and O–H groups in total. The van der Waals surface area contributed by atoms with Crippen LogP contribution in [0.2, 0.25) is 0 Å².